The van der Waals surface area contributed by atoms with Crippen molar-refractivity contribution in [3.63, 3.8) is 0 Å². The quantitative estimate of drug-likeness (QED) is 0.280. The van der Waals surface area contributed by atoms with Crippen molar-refractivity contribution in [3.05, 3.63) is 52.2 Å². The summed E-state index contributed by atoms with van der Waals surface area (Å²) in [6.45, 7) is -0.638. The minimum absolute atomic E-state index is 0.000838. The van der Waals surface area contributed by atoms with Gasteiger partial charge in [0.05, 0.1) is 12.0 Å². The monoisotopic (exact) mass is 432 g/mol. The summed E-state index contributed by atoms with van der Waals surface area (Å²) < 4.78 is 11.1. The van der Waals surface area contributed by atoms with Crippen molar-refractivity contribution in [2.75, 3.05) is 6.61 Å². The predicted molar refractivity (Wildman–Crippen MR) is 106 cm³/mol. The van der Waals surface area contributed by atoms with E-state index in [1.165, 1.54) is 24.3 Å². The van der Waals surface area contributed by atoms with Crippen LogP contribution < -0.4 is 5.43 Å². The fourth-order valence-electron chi connectivity index (χ4n) is 3.61. The number of phenols is 3. The molecule has 31 heavy (non-hydrogen) atoms. The van der Waals surface area contributed by atoms with Gasteiger partial charge in [-0.05, 0) is 24.3 Å². The van der Waals surface area contributed by atoms with Gasteiger partial charge in [-0.3, -0.25) is 4.79 Å². The maximum absolute atomic E-state index is 12.7. The third-order valence-corrected chi connectivity index (χ3v) is 5.34. The normalized spacial score (nSPS) is 26.3. The molecule has 1 aliphatic heterocycles. The van der Waals surface area contributed by atoms with Crippen LogP contribution >= 0.6 is 0 Å². The molecule has 5 atom stereocenters. The highest BCUT2D eigenvalue weighted by molar-refractivity contribution is 5.81. The van der Waals surface area contributed by atoms with Crippen LogP contribution in [0.2, 0.25) is 0 Å². The lowest BCUT2D eigenvalue weighted by Gasteiger charge is -2.40. The summed E-state index contributed by atoms with van der Waals surface area (Å²) in [6.07, 6.45) is -7.35. The van der Waals surface area contributed by atoms with Crippen LogP contribution in [0.3, 0.4) is 0 Å². The van der Waals surface area contributed by atoms with Crippen LogP contribution in [0.15, 0.2) is 45.6 Å². The first-order valence-corrected chi connectivity index (χ1v) is 9.35. The van der Waals surface area contributed by atoms with Gasteiger partial charge in [0.15, 0.2) is 16.9 Å². The van der Waals surface area contributed by atoms with Crippen molar-refractivity contribution < 1.29 is 44.9 Å². The smallest absolute Gasteiger partial charge is 0.193 e. The molecule has 0 amide bonds. The van der Waals surface area contributed by atoms with Gasteiger partial charge in [0.25, 0.3) is 0 Å². The number of ether oxygens (including phenoxy) is 1. The number of fused-ring (bicyclic) bond motifs is 1. The van der Waals surface area contributed by atoms with Gasteiger partial charge in [0, 0.05) is 23.3 Å². The molecule has 0 spiro atoms. The topological polar surface area (TPSA) is 181 Å². The van der Waals surface area contributed by atoms with Gasteiger partial charge in [-0.1, -0.05) is 0 Å². The Morgan fingerprint density at radius 3 is 2.26 bits per heavy atom. The molecule has 0 saturated carbocycles. The lowest BCUT2D eigenvalue weighted by atomic mass is 9.90. The molecule has 1 aromatic heterocycles. The molecular weight excluding hydrogens is 412 g/mol. The van der Waals surface area contributed by atoms with Crippen molar-refractivity contribution in [1.82, 2.24) is 0 Å². The van der Waals surface area contributed by atoms with Crippen LogP contribution in [0.25, 0.3) is 22.3 Å². The van der Waals surface area contributed by atoms with E-state index in [4.69, 9.17) is 9.15 Å². The summed E-state index contributed by atoms with van der Waals surface area (Å²) in [6, 6.07) is 7.40. The van der Waals surface area contributed by atoms with E-state index in [1.54, 1.807) is 0 Å². The van der Waals surface area contributed by atoms with E-state index < -0.39 is 54.1 Å². The summed E-state index contributed by atoms with van der Waals surface area (Å²) in [5.74, 6) is -1.08. The minimum atomic E-state index is -1.65. The van der Waals surface area contributed by atoms with Gasteiger partial charge in [0.2, 0.25) is 0 Å². The van der Waals surface area contributed by atoms with Crippen molar-refractivity contribution in [2.45, 2.75) is 30.5 Å². The molecule has 5 unspecified atom stereocenters. The van der Waals surface area contributed by atoms with Crippen LogP contribution in [0, 0.1) is 0 Å². The van der Waals surface area contributed by atoms with Crippen LogP contribution in [0.4, 0.5) is 0 Å². The van der Waals surface area contributed by atoms with Crippen LogP contribution in [0.5, 0.6) is 17.2 Å². The van der Waals surface area contributed by atoms with E-state index in [-0.39, 0.29) is 28.0 Å². The van der Waals surface area contributed by atoms with Crippen LogP contribution in [-0.4, -0.2) is 66.8 Å². The average Bonchev–Trinajstić information content (AvgIpc) is 2.74. The first-order chi connectivity index (χ1) is 14.7. The fourth-order valence-corrected chi connectivity index (χ4v) is 3.61. The highest BCUT2D eigenvalue weighted by atomic mass is 16.5. The summed E-state index contributed by atoms with van der Waals surface area (Å²) in [4.78, 5) is 12.7. The molecule has 1 fully saturated rings. The summed E-state index contributed by atoms with van der Waals surface area (Å²) in [5, 5.41) is 69.2. The lowest BCUT2D eigenvalue weighted by molar-refractivity contribution is -0.232. The lowest BCUT2D eigenvalue weighted by Crippen LogP contribution is -2.55. The zero-order valence-electron chi connectivity index (χ0n) is 15.9. The Morgan fingerprint density at radius 2 is 1.58 bits per heavy atom. The zero-order valence-corrected chi connectivity index (χ0v) is 15.9. The van der Waals surface area contributed by atoms with E-state index in [0.29, 0.717) is 5.56 Å². The summed E-state index contributed by atoms with van der Waals surface area (Å²) >= 11 is 0. The highest BCUT2D eigenvalue weighted by Crippen LogP contribution is 2.39. The number of benzene rings is 2. The number of phenolic OH excluding ortho intramolecular Hbond substituents is 3. The number of hydrogen-bond acceptors (Lipinski definition) is 10. The molecule has 2 aromatic carbocycles. The number of aliphatic hydroxyl groups is 4. The van der Waals surface area contributed by atoms with Gasteiger partial charge in [-0.25, -0.2) is 0 Å². The van der Waals surface area contributed by atoms with Gasteiger partial charge in [-0.15, -0.1) is 0 Å². The predicted octanol–water partition coefficient (Wildman–Crippen LogP) is 0.0917. The fraction of sp³-hybridized carbons (Fsp3) is 0.286. The van der Waals surface area contributed by atoms with Crippen molar-refractivity contribution >= 4 is 11.0 Å². The Bertz CT molecular complexity index is 1180. The molecule has 1 aliphatic rings. The molecule has 10 nitrogen and oxygen atoms in total. The third kappa shape index (κ3) is 3.60. The Kier molecular flexibility index (Phi) is 5.33. The molecule has 3 aromatic rings. The first kappa shape index (κ1) is 21.1. The maximum atomic E-state index is 12.7. The Morgan fingerprint density at radius 1 is 0.839 bits per heavy atom. The molecule has 7 N–H and O–H groups in total. The van der Waals surface area contributed by atoms with Gasteiger partial charge >= 0.3 is 0 Å². The molecule has 164 valence electrons. The zero-order chi connectivity index (χ0) is 22.4. The maximum Gasteiger partial charge on any atom is 0.193 e. The molecule has 0 radical (unpaired) electrons. The Balaban J connectivity index is 1.80. The second kappa shape index (κ2) is 7.84. The molecule has 0 bridgehead atoms. The van der Waals surface area contributed by atoms with Crippen molar-refractivity contribution in [3.8, 4) is 28.6 Å². The van der Waals surface area contributed by atoms with Crippen LogP contribution in [0.1, 0.15) is 11.7 Å². The second-order valence-corrected chi connectivity index (χ2v) is 7.34. The van der Waals surface area contributed by atoms with E-state index in [0.717, 1.165) is 12.1 Å². The highest BCUT2D eigenvalue weighted by Gasteiger charge is 2.44. The van der Waals surface area contributed by atoms with Gasteiger partial charge < -0.3 is 44.9 Å². The molecule has 0 aliphatic carbocycles. The standard InChI is InChI=1S/C21H20O10/c22-7-17-18(27)19(28)20(29)21(31-17)10-4-9-12(24)5-15(30-16(9)6-13(10)25)8-1-2-11(23)14(26)3-8/h1-6,17-23,25-29H,7H2. The molecule has 2 heterocycles. The van der Waals surface area contributed by atoms with Crippen LogP contribution in [-0.2, 0) is 4.74 Å². The Hall–Kier alpha value is -3.15. The van der Waals surface area contributed by atoms with Gasteiger partial charge in [-0.2, -0.15) is 0 Å². The molecular formula is C21H20O10. The van der Waals surface area contributed by atoms with Gasteiger partial charge in [0.1, 0.15) is 47.6 Å². The number of hydrogen-bond donors (Lipinski definition) is 7. The summed E-state index contributed by atoms with van der Waals surface area (Å²) in [5.41, 5.74) is -0.228. The van der Waals surface area contributed by atoms with E-state index >= 15 is 0 Å². The minimum Gasteiger partial charge on any atom is -0.507 e. The summed E-state index contributed by atoms with van der Waals surface area (Å²) in [7, 11) is 0. The first-order valence-electron chi connectivity index (χ1n) is 9.35. The largest absolute Gasteiger partial charge is 0.507 e. The SMILES string of the molecule is O=c1cc(-c2ccc(O)c(O)c2)oc2cc(O)c(C3OC(CO)C(O)C(O)C3O)cc12. The molecule has 10 heteroatoms. The Labute approximate surface area is 174 Å². The molecule has 4 rings (SSSR count). The third-order valence-electron chi connectivity index (χ3n) is 5.34. The van der Waals surface area contributed by atoms with Crippen molar-refractivity contribution in [2.24, 2.45) is 0 Å². The number of aliphatic hydroxyl groups excluding tert-OH is 4. The second-order valence-electron chi connectivity index (χ2n) is 7.34. The number of aromatic hydroxyl groups is 3. The number of rotatable bonds is 3. The van der Waals surface area contributed by atoms with Crippen molar-refractivity contribution in [1.29, 1.82) is 0 Å². The van der Waals surface area contributed by atoms with E-state index in [9.17, 15) is 40.5 Å². The molecule has 1 saturated heterocycles. The van der Waals surface area contributed by atoms with E-state index in [1.807, 2.05) is 0 Å². The van der Waals surface area contributed by atoms with E-state index in [2.05, 4.69) is 0 Å². The average molecular weight is 432 g/mol.